The van der Waals surface area contributed by atoms with Gasteiger partial charge in [0.05, 0.1) is 27.9 Å². The van der Waals surface area contributed by atoms with Gasteiger partial charge in [-0.25, -0.2) is 149 Å². The van der Waals surface area contributed by atoms with Gasteiger partial charge in [-0.15, -0.1) is 0 Å². The number of anilines is 1. The molecule has 9 aromatic carbocycles. The van der Waals surface area contributed by atoms with E-state index >= 15 is 0 Å². The predicted molar refractivity (Wildman–Crippen MR) is 293 cm³/mol. The minimum absolute atomic E-state index is 0.349. The summed E-state index contributed by atoms with van der Waals surface area (Å²) in [6.07, 6.45) is 1.85. The Morgan fingerprint density at radius 2 is 0.431 bits per heavy atom. The topological polar surface area (TPSA) is 40.5 Å². The van der Waals surface area contributed by atoms with Gasteiger partial charge in [-0.3, -0.25) is 0 Å². The van der Waals surface area contributed by atoms with Crippen LogP contribution in [0.2, 0.25) is 0 Å². The van der Waals surface area contributed by atoms with Crippen molar-refractivity contribution in [3.63, 3.8) is 0 Å². The van der Waals surface area contributed by atoms with Gasteiger partial charge < -0.3 is 4.90 Å². The van der Waals surface area contributed by atoms with Crippen molar-refractivity contribution in [3.05, 3.63) is 263 Å². The van der Waals surface area contributed by atoms with E-state index in [0.29, 0.717) is 30.0 Å². The summed E-state index contributed by atoms with van der Waals surface area (Å²) < 4.78 is 466. The molecule has 0 fully saturated rings. The van der Waals surface area contributed by atoms with Crippen LogP contribution in [0.25, 0.3) is 44.5 Å². The Bertz CT molecular complexity index is 4080. The van der Waals surface area contributed by atoms with Crippen molar-refractivity contribution in [2.75, 3.05) is 18.0 Å². The summed E-state index contributed by atoms with van der Waals surface area (Å²) in [4.78, 5) is 1.89. The average Bonchev–Trinajstić information content (AvgIpc) is 0.781. The third-order valence-electron chi connectivity index (χ3n) is 13.5. The molecule has 9 aromatic rings. The quantitative estimate of drug-likeness (QED) is 0.0678. The van der Waals surface area contributed by atoms with Crippen molar-refractivity contribution in [1.82, 2.24) is 0 Å². The van der Waals surface area contributed by atoms with Crippen LogP contribution in [0.4, 0.5) is 155 Å². The fourth-order valence-electron chi connectivity index (χ4n) is 8.64. The molecule has 0 aromatic heterocycles. The Morgan fingerprint density at radius 3 is 0.608 bits per heavy atom. The van der Waals surface area contributed by atoms with Crippen LogP contribution < -0.4 is 4.90 Å². The monoisotopic (exact) mass is 1520 g/mol. The number of hydrogen-bond acceptors (Lipinski definition) is 2. The Morgan fingerprint density at radius 1 is 0.265 bits per heavy atom. The molecule has 0 bridgehead atoms. The van der Waals surface area contributed by atoms with Crippen LogP contribution in [0.5, 0.6) is 0 Å². The number of benzene rings is 9. The van der Waals surface area contributed by atoms with E-state index in [1.54, 1.807) is 0 Å². The second kappa shape index (κ2) is 34.9. The van der Waals surface area contributed by atoms with Crippen LogP contribution >= 0.6 is 0 Å². The Labute approximate surface area is 556 Å². The summed E-state index contributed by atoms with van der Waals surface area (Å²) in [5.74, 6) is -70.7. The molecule has 0 spiro atoms. The first-order valence-corrected chi connectivity index (χ1v) is 28.2. The molecule has 0 aliphatic heterocycles. The Kier molecular flexibility index (Phi) is 29.1. The van der Waals surface area contributed by atoms with E-state index in [4.69, 9.17) is 7.96 Å². The molecular weight excluding hydrogens is 1490 g/mol. The van der Waals surface area contributed by atoms with Crippen LogP contribution in [0, 0.1) is 225 Å². The number of nitrogens with zero attached hydrogens (tertiary/aromatic N) is 1. The van der Waals surface area contributed by atoms with E-state index < -0.39 is 268 Å². The van der Waals surface area contributed by atoms with Crippen LogP contribution in [0.3, 0.4) is 0 Å². The van der Waals surface area contributed by atoms with Crippen molar-refractivity contribution in [1.29, 1.82) is 0 Å². The summed E-state index contributed by atoms with van der Waals surface area (Å²) in [7, 11) is 0. The maximum atomic E-state index is 13.6. The van der Waals surface area contributed by atoms with Gasteiger partial charge in [0, 0.05) is 41.4 Å². The van der Waals surface area contributed by atoms with E-state index in [0.717, 1.165) is 59.7 Å². The molecule has 0 radical (unpaired) electrons. The van der Waals surface area contributed by atoms with Gasteiger partial charge in [-0.1, -0.05) is 13.8 Å². The number of hydrogen-bond donors (Lipinski definition) is 1. The average molecular weight is 1520 g/mol. The molecule has 0 aliphatic rings. The van der Waals surface area contributed by atoms with Crippen LogP contribution in [-0.2, 0) is 3.80 Å². The number of aryl methyl sites for hydroxylation is 4. The molecule has 0 heterocycles. The molecule has 0 amide bonds. The SMILES string of the molecule is CCCN(CCC)c1cc(F)ccc1F.Cc1cc(-c2c(F)c(F)c(F)c(F)c2F)c(F)c(F)c1F.Cc1cc(-c2c(F)c(F)c(F)c(F)c2F)c(F)c(F)c1F.Cc1cc(-c2c(F)c(F)c(F)c(F)c2F)c(F)c(F)c1F.Cc1cc(-c2c(F)c(F)c(F)c(F)c2F)c(F)c(F)c1F.[O]=[Al][OH]. The Hall–Kier alpha value is -9.47. The fourth-order valence-corrected chi connectivity index (χ4v) is 8.64. The standard InChI is InChI=1S/4C13H4F8.C12H17F2N.Al.H2O.O/c4*1-3-2-4(7(15)10(18)6(3)14)5-8(16)11(19)13(21)12(20)9(5)17;1-3-7-15(8-4-2)12-9-10(13)5-6-11(12)14;;;/h4*2H,1H3;5-6,9H,3-4,7-8H2,1-2H3;;1H2;/q;;;;;+1;;/p-1. The van der Waals surface area contributed by atoms with Crippen molar-refractivity contribution in [3.8, 4) is 44.5 Å². The third kappa shape index (κ3) is 17.2. The van der Waals surface area contributed by atoms with Crippen molar-refractivity contribution in [2.24, 2.45) is 0 Å². The second-order valence-corrected chi connectivity index (χ2v) is 20.4. The first-order chi connectivity index (χ1) is 47.3. The molecule has 3 nitrogen and oxygen atoms in total. The van der Waals surface area contributed by atoms with Crippen molar-refractivity contribution >= 4 is 21.2 Å². The molecule has 0 saturated carbocycles. The normalized spacial score (nSPS) is 10.7. The van der Waals surface area contributed by atoms with Gasteiger partial charge in [0.25, 0.3) is 0 Å². The van der Waals surface area contributed by atoms with E-state index in [1.807, 2.05) is 18.7 Å². The fraction of sp³-hybridized carbons (Fsp3) is 0.156. The second-order valence-electron chi connectivity index (χ2n) is 20.2. The van der Waals surface area contributed by atoms with E-state index in [-0.39, 0.29) is 11.6 Å². The van der Waals surface area contributed by atoms with Gasteiger partial charge in [0.2, 0.25) is 23.3 Å². The molecule has 0 aliphatic carbocycles. The Balaban J connectivity index is 0.000000269. The third-order valence-corrected chi connectivity index (χ3v) is 13.5. The zero-order chi connectivity index (χ0) is 78.2. The van der Waals surface area contributed by atoms with Gasteiger partial charge in [0.15, 0.2) is 163 Å². The molecular formula is C64H34AlF34NO2. The molecule has 9 rings (SSSR count). The predicted octanol–water partition coefficient (Wildman–Crippen LogP) is 21.6. The zero-order valence-electron chi connectivity index (χ0n) is 51.1. The molecule has 1 N–H and O–H groups in total. The first kappa shape index (κ1) is 84.9. The van der Waals surface area contributed by atoms with Crippen LogP contribution in [-0.4, -0.2) is 32.7 Å². The van der Waals surface area contributed by atoms with Gasteiger partial charge in [0.1, 0.15) is 11.6 Å². The summed E-state index contributed by atoms with van der Waals surface area (Å²) in [6.45, 7) is 9.32. The molecule has 0 unspecified atom stereocenters. The molecule has 548 valence electrons. The van der Waals surface area contributed by atoms with Crippen molar-refractivity contribution < 1.29 is 157 Å². The molecule has 0 atom stereocenters. The van der Waals surface area contributed by atoms with Gasteiger partial charge >= 0.3 is 23.4 Å². The van der Waals surface area contributed by atoms with Gasteiger partial charge in [-0.05, 0) is 99.2 Å². The van der Waals surface area contributed by atoms with Crippen molar-refractivity contribution in [2.45, 2.75) is 54.4 Å². The number of rotatable bonds is 9. The first-order valence-electron chi connectivity index (χ1n) is 27.2. The van der Waals surface area contributed by atoms with E-state index in [2.05, 4.69) is 0 Å². The molecule has 102 heavy (non-hydrogen) atoms. The van der Waals surface area contributed by atoms with E-state index in [9.17, 15) is 149 Å². The summed E-state index contributed by atoms with van der Waals surface area (Å²) in [5, 5.41) is 0. The summed E-state index contributed by atoms with van der Waals surface area (Å²) >= 11 is -1.50. The molecule has 38 heteroatoms. The summed E-state index contributed by atoms with van der Waals surface area (Å²) in [5.41, 5.74) is -13.6. The maximum absolute atomic E-state index is 13.6. The number of halogens is 34. The summed E-state index contributed by atoms with van der Waals surface area (Å²) in [6, 6.07) is 5.40. The molecule has 0 saturated heterocycles. The van der Waals surface area contributed by atoms with Gasteiger partial charge in [-0.2, -0.15) is 0 Å². The van der Waals surface area contributed by atoms with E-state index in [1.165, 1.54) is 12.1 Å². The minimum atomic E-state index is -2.44. The van der Waals surface area contributed by atoms with Crippen LogP contribution in [0.1, 0.15) is 48.9 Å². The zero-order valence-corrected chi connectivity index (χ0v) is 52.3. The van der Waals surface area contributed by atoms with Crippen LogP contribution in [0.15, 0.2) is 42.5 Å².